The number of hydrogen-bond acceptors (Lipinski definition) is 1. The summed E-state index contributed by atoms with van der Waals surface area (Å²) in [5.41, 5.74) is 4.22. The molecule has 0 fully saturated rings. The van der Waals surface area contributed by atoms with Crippen molar-refractivity contribution in [2.75, 3.05) is 0 Å². The minimum absolute atomic E-state index is 0.171. The minimum Gasteiger partial charge on any atom is -0.303 e. The van der Waals surface area contributed by atoms with Crippen molar-refractivity contribution in [3.05, 3.63) is 23.3 Å². The molecule has 0 aromatic heterocycles. The SMILES string of the molecule is C=C(C)C1CCC(C)=C1CC(C=O)C(C)C. The van der Waals surface area contributed by atoms with Crippen LogP contribution < -0.4 is 0 Å². The highest BCUT2D eigenvalue weighted by atomic mass is 16.1. The van der Waals surface area contributed by atoms with Gasteiger partial charge in [-0.25, -0.2) is 0 Å². The lowest BCUT2D eigenvalue weighted by Crippen LogP contribution is -2.14. The van der Waals surface area contributed by atoms with E-state index in [1.165, 1.54) is 29.6 Å². The highest BCUT2D eigenvalue weighted by Gasteiger charge is 2.26. The van der Waals surface area contributed by atoms with Gasteiger partial charge in [0.1, 0.15) is 6.29 Å². The smallest absolute Gasteiger partial charge is 0.123 e. The third-order valence-corrected chi connectivity index (χ3v) is 3.86. The van der Waals surface area contributed by atoms with E-state index in [4.69, 9.17) is 0 Å². The van der Waals surface area contributed by atoms with Crippen LogP contribution in [-0.2, 0) is 4.79 Å². The first-order valence-corrected chi connectivity index (χ1v) is 6.26. The fourth-order valence-electron chi connectivity index (χ4n) is 2.55. The molecule has 0 N–H and O–H groups in total. The van der Waals surface area contributed by atoms with E-state index in [1.54, 1.807) is 0 Å². The van der Waals surface area contributed by atoms with Gasteiger partial charge in [-0.2, -0.15) is 0 Å². The fourth-order valence-corrected chi connectivity index (χ4v) is 2.55. The van der Waals surface area contributed by atoms with Gasteiger partial charge >= 0.3 is 0 Å². The van der Waals surface area contributed by atoms with Crippen LogP contribution in [0.15, 0.2) is 23.3 Å². The van der Waals surface area contributed by atoms with Crippen molar-refractivity contribution >= 4 is 6.29 Å². The monoisotopic (exact) mass is 220 g/mol. The molecule has 0 saturated heterocycles. The molecule has 16 heavy (non-hydrogen) atoms. The maximum atomic E-state index is 11.1. The summed E-state index contributed by atoms with van der Waals surface area (Å²) in [6.45, 7) is 12.6. The van der Waals surface area contributed by atoms with Gasteiger partial charge in [0.25, 0.3) is 0 Å². The van der Waals surface area contributed by atoms with Crippen molar-refractivity contribution in [2.24, 2.45) is 17.8 Å². The molecule has 0 saturated carbocycles. The van der Waals surface area contributed by atoms with Crippen molar-refractivity contribution in [3.63, 3.8) is 0 Å². The first-order chi connectivity index (χ1) is 7.47. The minimum atomic E-state index is 0.171. The van der Waals surface area contributed by atoms with Gasteiger partial charge in [0, 0.05) is 11.8 Å². The molecule has 0 aromatic carbocycles. The lowest BCUT2D eigenvalue weighted by Gasteiger charge is -2.21. The quantitative estimate of drug-likeness (QED) is 0.502. The van der Waals surface area contributed by atoms with E-state index in [9.17, 15) is 4.79 Å². The Hall–Kier alpha value is -0.850. The average Bonchev–Trinajstić information content (AvgIpc) is 2.56. The second kappa shape index (κ2) is 5.47. The number of rotatable bonds is 5. The maximum absolute atomic E-state index is 11.1. The summed E-state index contributed by atoms with van der Waals surface area (Å²) in [6, 6.07) is 0. The molecule has 0 radical (unpaired) electrons. The highest BCUT2D eigenvalue weighted by molar-refractivity contribution is 5.55. The lowest BCUT2D eigenvalue weighted by molar-refractivity contribution is -0.112. The van der Waals surface area contributed by atoms with Gasteiger partial charge in [-0.05, 0) is 39.0 Å². The van der Waals surface area contributed by atoms with Crippen molar-refractivity contribution in [3.8, 4) is 0 Å². The van der Waals surface area contributed by atoms with Crippen LogP contribution in [0.3, 0.4) is 0 Å². The summed E-state index contributed by atoms with van der Waals surface area (Å²) >= 11 is 0. The van der Waals surface area contributed by atoms with Crippen LogP contribution in [0, 0.1) is 17.8 Å². The van der Waals surface area contributed by atoms with E-state index in [0.29, 0.717) is 11.8 Å². The Morgan fingerprint density at radius 2 is 2.19 bits per heavy atom. The van der Waals surface area contributed by atoms with Crippen molar-refractivity contribution < 1.29 is 4.79 Å². The van der Waals surface area contributed by atoms with E-state index < -0.39 is 0 Å². The van der Waals surface area contributed by atoms with Crippen molar-refractivity contribution in [2.45, 2.75) is 47.0 Å². The Morgan fingerprint density at radius 1 is 1.56 bits per heavy atom. The summed E-state index contributed by atoms with van der Waals surface area (Å²) in [5, 5.41) is 0. The van der Waals surface area contributed by atoms with Gasteiger partial charge in [0.2, 0.25) is 0 Å². The van der Waals surface area contributed by atoms with Gasteiger partial charge in [0.15, 0.2) is 0 Å². The van der Waals surface area contributed by atoms with E-state index >= 15 is 0 Å². The number of allylic oxidation sites excluding steroid dienone is 3. The molecule has 2 atom stereocenters. The third-order valence-electron chi connectivity index (χ3n) is 3.86. The molecule has 0 amide bonds. The first kappa shape index (κ1) is 13.2. The van der Waals surface area contributed by atoms with Crippen LogP contribution in [0.25, 0.3) is 0 Å². The van der Waals surface area contributed by atoms with Gasteiger partial charge < -0.3 is 4.79 Å². The second-order valence-corrected chi connectivity index (χ2v) is 5.49. The van der Waals surface area contributed by atoms with Gasteiger partial charge in [-0.15, -0.1) is 0 Å². The Morgan fingerprint density at radius 3 is 2.62 bits per heavy atom. The predicted octanol–water partition coefficient (Wildman–Crippen LogP) is 4.15. The topological polar surface area (TPSA) is 17.1 Å². The van der Waals surface area contributed by atoms with Crippen molar-refractivity contribution in [1.82, 2.24) is 0 Å². The van der Waals surface area contributed by atoms with E-state index in [1.807, 2.05) is 0 Å². The molecule has 1 aliphatic rings. The van der Waals surface area contributed by atoms with E-state index in [0.717, 1.165) is 12.7 Å². The van der Waals surface area contributed by atoms with Crippen LogP contribution in [0.2, 0.25) is 0 Å². The van der Waals surface area contributed by atoms with Crippen LogP contribution >= 0.6 is 0 Å². The number of hydrogen-bond donors (Lipinski definition) is 0. The number of carbonyl (C=O) groups is 1. The largest absolute Gasteiger partial charge is 0.303 e. The van der Waals surface area contributed by atoms with Crippen LogP contribution in [-0.4, -0.2) is 6.29 Å². The van der Waals surface area contributed by atoms with Gasteiger partial charge in [0.05, 0.1) is 0 Å². The average molecular weight is 220 g/mol. The molecule has 90 valence electrons. The zero-order chi connectivity index (χ0) is 12.3. The van der Waals surface area contributed by atoms with Crippen LogP contribution in [0.1, 0.15) is 47.0 Å². The molecule has 0 heterocycles. The standard InChI is InChI=1S/C15H24O/c1-10(2)13(9-16)8-15-12(5)6-7-14(15)11(3)4/h9-10,13-14H,3,6-8H2,1-2,4-5H3. The summed E-state index contributed by atoms with van der Waals surface area (Å²) in [6.07, 6.45) is 4.43. The molecule has 1 aliphatic carbocycles. The fraction of sp³-hybridized carbons (Fsp3) is 0.667. The zero-order valence-electron chi connectivity index (χ0n) is 11.0. The second-order valence-electron chi connectivity index (χ2n) is 5.49. The molecule has 1 nitrogen and oxygen atoms in total. The molecule has 0 bridgehead atoms. The Labute approximate surface area is 99.6 Å². The lowest BCUT2D eigenvalue weighted by atomic mass is 9.83. The molecule has 0 aromatic rings. The summed E-state index contributed by atoms with van der Waals surface area (Å²) < 4.78 is 0. The van der Waals surface area contributed by atoms with E-state index in [2.05, 4.69) is 34.3 Å². The Bertz CT molecular complexity index is 309. The molecule has 0 aliphatic heterocycles. The molecule has 1 heteroatoms. The highest BCUT2D eigenvalue weighted by Crippen LogP contribution is 2.39. The summed E-state index contributed by atoms with van der Waals surface area (Å²) in [5.74, 6) is 1.13. The molecule has 1 rings (SSSR count). The molecule has 0 spiro atoms. The normalized spacial score (nSPS) is 22.7. The van der Waals surface area contributed by atoms with Gasteiger partial charge in [-0.1, -0.05) is 37.1 Å². The Kier molecular flexibility index (Phi) is 4.52. The number of carbonyl (C=O) groups excluding carboxylic acids is 1. The first-order valence-electron chi connectivity index (χ1n) is 6.26. The summed E-state index contributed by atoms with van der Waals surface area (Å²) in [7, 11) is 0. The number of aldehydes is 1. The van der Waals surface area contributed by atoms with E-state index in [-0.39, 0.29) is 5.92 Å². The summed E-state index contributed by atoms with van der Waals surface area (Å²) in [4.78, 5) is 11.1. The molecule has 2 unspecified atom stereocenters. The third kappa shape index (κ3) is 2.84. The van der Waals surface area contributed by atoms with Gasteiger partial charge in [-0.3, -0.25) is 0 Å². The zero-order valence-corrected chi connectivity index (χ0v) is 11.0. The van der Waals surface area contributed by atoms with Crippen LogP contribution in [0.4, 0.5) is 0 Å². The molecular formula is C15H24O. The molecular weight excluding hydrogens is 196 g/mol. The van der Waals surface area contributed by atoms with Crippen LogP contribution in [0.5, 0.6) is 0 Å². The predicted molar refractivity (Wildman–Crippen MR) is 69.2 cm³/mol. The maximum Gasteiger partial charge on any atom is 0.123 e. The Balaban J connectivity index is 2.81. The van der Waals surface area contributed by atoms with Crippen molar-refractivity contribution in [1.29, 1.82) is 0 Å².